The predicted molar refractivity (Wildman–Crippen MR) is 99.7 cm³/mol. The SMILES string of the molecule is Cc1cccc(Nc2nc(C)cc(NC(C)c3ccccc3)n2)c1. The summed E-state index contributed by atoms with van der Waals surface area (Å²) in [5, 5.41) is 6.72. The highest BCUT2D eigenvalue weighted by molar-refractivity contribution is 5.56. The quantitative estimate of drug-likeness (QED) is 0.694. The van der Waals surface area contributed by atoms with Crippen molar-refractivity contribution in [2.45, 2.75) is 26.8 Å². The molecule has 2 aromatic carbocycles. The van der Waals surface area contributed by atoms with Crippen molar-refractivity contribution in [1.29, 1.82) is 0 Å². The van der Waals surface area contributed by atoms with Crippen LogP contribution in [0.15, 0.2) is 60.7 Å². The van der Waals surface area contributed by atoms with E-state index in [1.165, 1.54) is 11.1 Å². The summed E-state index contributed by atoms with van der Waals surface area (Å²) in [7, 11) is 0. The third-order valence-corrected chi connectivity index (χ3v) is 3.79. The molecule has 1 aromatic heterocycles. The molecule has 0 aliphatic carbocycles. The molecular formula is C20H22N4. The molecule has 0 saturated carbocycles. The van der Waals surface area contributed by atoms with Gasteiger partial charge >= 0.3 is 0 Å². The Morgan fingerprint density at radius 1 is 0.875 bits per heavy atom. The highest BCUT2D eigenvalue weighted by Crippen LogP contribution is 2.21. The molecule has 122 valence electrons. The average Bonchev–Trinajstić information content (AvgIpc) is 2.55. The molecule has 24 heavy (non-hydrogen) atoms. The Labute approximate surface area is 143 Å². The molecule has 0 bridgehead atoms. The Hall–Kier alpha value is -2.88. The number of aryl methyl sites for hydroxylation is 2. The average molecular weight is 318 g/mol. The number of hydrogen-bond donors (Lipinski definition) is 2. The molecule has 0 amide bonds. The number of nitrogens with zero attached hydrogens (tertiary/aromatic N) is 2. The van der Waals surface area contributed by atoms with Gasteiger partial charge in [-0.2, -0.15) is 4.98 Å². The van der Waals surface area contributed by atoms with Gasteiger partial charge in [0.1, 0.15) is 5.82 Å². The first-order valence-corrected chi connectivity index (χ1v) is 8.11. The fourth-order valence-electron chi connectivity index (χ4n) is 2.60. The monoisotopic (exact) mass is 318 g/mol. The Morgan fingerprint density at radius 2 is 1.67 bits per heavy atom. The van der Waals surface area contributed by atoms with Crippen LogP contribution in [-0.2, 0) is 0 Å². The van der Waals surface area contributed by atoms with Gasteiger partial charge in [-0.1, -0.05) is 42.5 Å². The lowest BCUT2D eigenvalue weighted by atomic mass is 10.1. The van der Waals surface area contributed by atoms with Gasteiger partial charge in [-0.25, -0.2) is 4.98 Å². The molecule has 0 aliphatic rings. The van der Waals surface area contributed by atoms with Gasteiger partial charge in [0.25, 0.3) is 0 Å². The van der Waals surface area contributed by atoms with Gasteiger partial charge in [0.05, 0.1) is 0 Å². The summed E-state index contributed by atoms with van der Waals surface area (Å²) in [5.41, 5.74) is 4.33. The van der Waals surface area contributed by atoms with Gasteiger partial charge in [0.2, 0.25) is 5.95 Å². The second-order valence-electron chi connectivity index (χ2n) is 5.99. The van der Waals surface area contributed by atoms with Gasteiger partial charge < -0.3 is 10.6 Å². The van der Waals surface area contributed by atoms with Crippen molar-refractivity contribution in [3.8, 4) is 0 Å². The Morgan fingerprint density at radius 3 is 2.42 bits per heavy atom. The maximum atomic E-state index is 4.59. The summed E-state index contributed by atoms with van der Waals surface area (Å²) >= 11 is 0. The molecule has 1 atom stereocenters. The Balaban J connectivity index is 1.79. The van der Waals surface area contributed by atoms with Crippen LogP contribution in [0.4, 0.5) is 17.5 Å². The van der Waals surface area contributed by atoms with Crippen LogP contribution < -0.4 is 10.6 Å². The van der Waals surface area contributed by atoms with Crippen molar-refractivity contribution in [1.82, 2.24) is 9.97 Å². The van der Waals surface area contributed by atoms with Gasteiger partial charge in [-0.05, 0) is 44.0 Å². The van der Waals surface area contributed by atoms with E-state index in [2.05, 4.69) is 58.7 Å². The van der Waals surface area contributed by atoms with E-state index in [9.17, 15) is 0 Å². The second-order valence-corrected chi connectivity index (χ2v) is 5.99. The normalized spacial score (nSPS) is 11.8. The summed E-state index contributed by atoms with van der Waals surface area (Å²) in [6.07, 6.45) is 0. The minimum absolute atomic E-state index is 0.173. The third-order valence-electron chi connectivity index (χ3n) is 3.79. The van der Waals surface area contributed by atoms with E-state index in [4.69, 9.17) is 0 Å². The lowest BCUT2D eigenvalue weighted by Gasteiger charge is -2.16. The number of nitrogens with one attached hydrogen (secondary N) is 2. The second kappa shape index (κ2) is 7.13. The molecule has 3 aromatic rings. The van der Waals surface area contributed by atoms with E-state index in [0.29, 0.717) is 5.95 Å². The fourth-order valence-corrected chi connectivity index (χ4v) is 2.60. The van der Waals surface area contributed by atoms with Crippen molar-refractivity contribution < 1.29 is 0 Å². The minimum atomic E-state index is 0.173. The molecule has 0 radical (unpaired) electrons. The van der Waals surface area contributed by atoms with Crippen molar-refractivity contribution in [3.63, 3.8) is 0 Å². The standard InChI is InChI=1S/C20H22N4/c1-14-8-7-11-18(12-14)23-20-21-15(2)13-19(24-20)22-16(3)17-9-5-4-6-10-17/h4-13,16H,1-3H3,(H2,21,22,23,24). The minimum Gasteiger partial charge on any atom is -0.363 e. The summed E-state index contributed by atoms with van der Waals surface area (Å²) < 4.78 is 0. The first-order chi connectivity index (χ1) is 11.6. The number of rotatable bonds is 5. The van der Waals surface area contributed by atoms with Crippen LogP contribution >= 0.6 is 0 Å². The lowest BCUT2D eigenvalue weighted by Crippen LogP contribution is -2.09. The number of benzene rings is 2. The maximum Gasteiger partial charge on any atom is 0.229 e. The van der Waals surface area contributed by atoms with Crippen molar-refractivity contribution in [2.24, 2.45) is 0 Å². The Bertz CT molecular complexity index is 815. The highest BCUT2D eigenvalue weighted by Gasteiger charge is 2.08. The lowest BCUT2D eigenvalue weighted by molar-refractivity contribution is 0.871. The van der Waals surface area contributed by atoms with Crippen LogP contribution in [-0.4, -0.2) is 9.97 Å². The van der Waals surface area contributed by atoms with Gasteiger partial charge in [0.15, 0.2) is 0 Å². The van der Waals surface area contributed by atoms with E-state index in [0.717, 1.165) is 17.2 Å². The van der Waals surface area contributed by atoms with Crippen LogP contribution in [0.3, 0.4) is 0 Å². The topological polar surface area (TPSA) is 49.8 Å². The van der Waals surface area contributed by atoms with Gasteiger partial charge in [0, 0.05) is 23.5 Å². The number of anilines is 3. The molecule has 4 nitrogen and oxygen atoms in total. The zero-order valence-electron chi connectivity index (χ0n) is 14.2. The molecule has 0 saturated heterocycles. The van der Waals surface area contributed by atoms with Crippen molar-refractivity contribution >= 4 is 17.5 Å². The maximum absolute atomic E-state index is 4.59. The molecule has 1 unspecified atom stereocenters. The van der Waals surface area contributed by atoms with Crippen LogP contribution in [0.25, 0.3) is 0 Å². The zero-order valence-corrected chi connectivity index (χ0v) is 14.2. The van der Waals surface area contributed by atoms with E-state index >= 15 is 0 Å². The van der Waals surface area contributed by atoms with Gasteiger partial charge in [-0.15, -0.1) is 0 Å². The molecule has 2 N–H and O–H groups in total. The van der Waals surface area contributed by atoms with Crippen LogP contribution in [0.1, 0.15) is 29.8 Å². The molecule has 0 spiro atoms. The van der Waals surface area contributed by atoms with E-state index in [-0.39, 0.29) is 6.04 Å². The van der Waals surface area contributed by atoms with Crippen LogP contribution in [0, 0.1) is 13.8 Å². The van der Waals surface area contributed by atoms with Crippen LogP contribution in [0.2, 0.25) is 0 Å². The fraction of sp³-hybridized carbons (Fsp3) is 0.200. The van der Waals surface area contributed by atoms with Gasteiger partial charge in [-0.3, -0.25) is 0 Å². The summed E-state index contributed by atoms with van der Waals surface area (Å²) in [6.45, 7) is 6.17. The first-order valence-electron chi connectivity index (χ1n) is 8.11. The van der Waals surface area contributed by atoms with Crippen molar-refractivity contribution in [2.75, 3.05) is 10.6 Å². The van der Waals surface area contributed by atoms with Crippen LogP contribution in [0.5, 0.6) is 0 Å². The smallest absolute Gasteiger partial charge is 0.229 e. The molecule has 0 aliphatic heterocycles. The van der Waals surface area contributed by atoms with Crippen molar-refractivity contribution in [3.05, 3.63) is 77.5 Å². The largest absolute Gasteiger partial charge is 0.363 e. The summed E-state index contributed by atoms with van der Waals surface area (Å²) in [4.78, 5) is 9.07. The number of hydrogen-bond acceptors (Lipinski definition) is 4. The van der Waals surface area contributed by atoms with E-state index in [1.807, 2.05) is 43.3 Å². The summed E-state index contributed by atoms with van der Waals surface area (Å²) in [5.74, 6) is 1.41. The zero-order chi connectivity index (χ0) is 16.9. The number of aromatic nitrogens is 2. The molecule has 0 fully saturated rings. The third kappa shape index (κ3) is 4.10. The summed E-state index contributed by atoms with van der Waals surface area (Å²) in [6, 6.07) is 20.6. The Kier molecular flexibility index (Phi) is 4.75. The molecular weight excluding hydrogens is 296 g/mol. The highest BCUT2D eigenvalue weighted by atomic mass is 15.1. The molecule has 4 heteroatoms. The molecule has 3 rings (SSSR count). The molecule has 1 heterocycles. The van der Waals surface area contributed by atoms with E-state index in [1.54, 1.807) is 0 Å². The van der Waals surface area contributed by atoms with E-state index < -0.39 is 0 Å². The first kappa shape index (κ1) is 16.0. The predicted octanol–water partition coefficient (Wildman–Crippen LogP) is 5.01.